The number of rotatable bonds is 6. The largest absolute Gasteiger partial charge is 0.345 e. The number of thiazole rings is 1. The highest BCUT2D eigenvalue weighted by molar-refractivity contribution is 7.16. The lowest BCUT2D eigenvalue weighted by molar-refractivity contribution is -0.116. The average Bonchev–Trinajstić information content (AvgIpc) is 3.00. The minimum absolute atomic E-state index is 0.00317. The minimum Gasteiger partial charge on any atom is -0.345 e. The van der Waals surface area contributed by atoms with Crippen LogP contribution < -0.4 is 10.6 Å². The number of benzene rings is 2. The molecule has 1 heterocycles. The van der Waals surface area contributed by atoms with Gasteiger partial charge >= 0.3 is 0 Å². The number of hydrogen-bond donors (Lipinski definition) is 2. The molecule has 0 unspecified atom stereocenters. The van der Waals surface area contributed by atoms with E-state index >= 15 is 0 Å². The molecule has 138 valence electrons. The number of nitrogens with one attached hydrogen (secondary N) is 2. The summed E-state index contributed by atoms with van der Waals surface area (Å²) in [5.74, 6) is -0.703. The zero-order chi connectivity index (χ0) is 19.4. The summed E-state index contributed by atoms with van der Waals surface area (Å²) in [5.41, 5.74) is 2.80. The van der Waals surface area contributed by atoms with Crippen molar-refractivity contribution >= 4 is 33.8 Å². The first kappa shape index (κ1) is 18.7. The number of nitrogens with zero attached hydrogens (tertiary/aromatic N) is 1. The van der Waals surface area contributed by atoms with Crippen molar-refractivity contribution in [1.29, 1.82) is 0 Å². The van der Waals surface area contributed by atoms with Gasteiger partial charge in [-0.05, 0) is 56.3 Å². The lowest BCUT2D eigenvalue weighted by Gasteiger charge is -2.06. The van der Waals surface area contributed by atoms with E-state index in [2.05, 4.69) is 15.6 Å². The molecule has 0 radical (unpaired) electrons. The van der Waals surface area contributed by atoms with E-state index in [0.717, 1.165) is 16.1 Å². The molecule has 7 heteroatoms. The summed E-state index contributed by atoms with van der Waals surface area (Å²) in [6, 6.07) is 13.2. The van der Waals surface area contributed by atoms with Gasteiger partial charge in [-0.15, -0.1) is 11.3 Å². The maximum atomic E-state index is 13.1. The first-order chi connectivity index (χ1) is 12.9. The van der Waals surface area contributed by atoms with Gasteiger partial charge in [0.1, 0.15) is 11.6 Å². The zero-order valence-corrected chi connectivity index (χ0v) is 15.7. The van der Waals surface area contributed by atoms with Crippen molar-refractivity contribution in [1.82, 2.24) is 10.3 Å². The summed E-state index contributed by atoms with van der Waals surface area (Å²) >= 11 is 1.48. The third kappa shape index (κ3) is 4.77. The second-order valence-corrected chi connectivity index (χ2v) is 7.22. The zero-order valence-electron chi connectivity index (χ0n) is 14.9. The van der Waals surface area contributed by atoms with E-state index < -0.39 is 0 Å². The number of anilines is 2. The molecule has 1 aromatic heterocycles. The van der Waals surface area contributed by atoms with E-state index in [-0.39, 0.29) is 24.1 Å². The molecule has 3 rings (SSSR count). The van der Waals surface area contributed by atoms with Crippen LogP contribution in [0.15, 0.2) is 48.5 Å². The van der Waals surface area contributed by atoms with Crippen molar-refractivity contribution < 1.29 is 14.0 Å². The van der Waals surface area contributed by atoms with Crippen molar-refractivity contribution in [3.63, 3.8) is 0 Å². The van der Waals surface area contributed by atoms with Crippen molar-refractivity contribution in [2.24, 2.45) is 0 Å². The average molecular weight is 383 g/mol. The summed E-state index contributed by atoms with van der Waals surface area (Å²) in [6.45, 7) is 3.37. The molecule has 1 amide bonds. The van der Waals surface area contributed by atoms with Gasteiger partial charge in [0.25, 0.3) is 5.91 Å². The van der Waals surface area contributed by atoms with Crippen molar-refractivity contribution in [3.05, 3.63) is 64.8 Å². The fraction of sp³-hybridized carbons (Fsp3) is 0.150. The van der Waals surface area contributed by atoms with Crippen LogP contribution in [-0.2, 0) is 4.79 Å². The highest BCUT2D eigenvalue weighted by Gasteiger charge is 2.11. The number of aromatic nitrogens is 1. The molecule has 0 aliphatic heterocycles. The molecule has 0 spiro atoms. The molecule has 5 nitrogen and oxygen atoms in total. The van der Waals surface area contributed by atoms with Crippen LogP contribution in [-0.4, -0.2) is 23.2 Å². The molecule has 0 atom stereocenters. The third-order valence-corrected chi connectivity index (χ3v) is 4.67. The van der Waals surface area contributed by atoms with Crippen LogP contribution >= 0.6 is 11.3 Å². The highest BCUT2D eigenvalue weighted by Crippen LogP contribution is 2.32. The molecular weight excluding hydrogens is 365 g/mol. The van der Waals surface area contributed by atoms with Gasteiger partial charge in [0, 0.05) is 21.7 Å². The topological polar surface area (TPSA) is 71.1 Å². The first-order valence-electron chi connectivity index (χ1n) is 8.30. The summed E-state index contributed by atoms with van der Waals surface area (Å²) in [6.07, 6.45) is 0. The van der Waals surface area contributed by atoms with E-state index in [9.17, 15) is 14.0 Å². The summed E-state index contributed by atoms with van der Waals surface area (Å²) in [4.78, 5) is 28.7. The molecule has 0 saturated heterocycles. The number of ketones is 1. The van der Waals surface area contributed by atoms with E-state index in [1.165, 1.54) is 30.4 Å². The van der Waals surface area contributed by atoms with Gasteiger partial charge in [-0.2, -0.15) is 0 Å². The Labute approximate surface area is 160 Å². The van der Waals surface area contributed by atoms with Gasteiger partial charge in [0.05, 0.1) is 12.2 Å². The smallest absolute Gasteiger partial charge is 0.251 e. The number of carbonyl (C=O) groups is 2. The molecular formula is C20H18FN3O2S. The fourth-order valence-corrected chi connectivity index (χ4v) is 3.35. The Morgan fingerprint density at radius 2 is 1.89 bits per heavy atom. The van der Waals surface area contributed by atoms with Gasteiger partial charge in [-0.3, -0.25) is 9.59 Å². The van der Waals surface area contributed by atoms with Crippen LogP contribution in [0.3, 0.4) is 0 Å². The van der Waals surface area contributed by atoms with Crippen LogP contribution in [0.4, 0.5) is 15.2 Å². The Morgan fingerprint density at radius 3 is 2.59 bits per heavy atom. The Hall–Kier alpha value is -3.06. The number of aryl methyl sites for hydroxylation is 1. The van der Waals surface area contributed by atoms with Gasteiger partial charge in [-0.1, -0.05) is 6.07 Å². The van der Waals surface area contributed by atoms with Crippen molar-refractivity contribution in [2.45, 2.75) is 13.8 Å². The van der Waals surface area contributed by atoms with Gasteiger partial charge in [0.15, 0.2) is 5.13 Å². The highest BCUT2D eigenvalue weighted by atomic mass is 32.1. The number of hydrogen-bond acceptors (Lipinski definition) is 5. The predicted octanol–water partition coefficient (Wildman–Crippen LogP) is 4.32. The lowest BCUT2D eigenvalue weighted by atomic mass is 10.1. The Bertz CT molecular complexity index is 983. The van der Waals surface area contributed by atoms with Crippen molar-refractivity contribution in [2.75, 3.05) is 11.9 Å². The lowest BCUT2D eigenvalue weighted by Crippen LogP contribution is -2.28. The summed E-state index contributed by atoms with van der Waals surface area (Å²) in [5, 5.41) is 6.44. The van der Waals surface area contributed by atoms with E-state index in [1.54, 1.807) is 30.3 Å². The first-order valence-corrected chi connectivity index (χ1v) is 9.12. The predicted molar refractivity (Wildman–Crippen MR) is 105 cm³/mol. The maximum Gasteiger partial charge on any atom is 0.251 e. The third-order valence-electron chi connectivity index (χ3n) is 3.79. The molecule has 0 aliphatic rings. The Kier molecular flexibility index (Phi) is 5.61. The van der Waals surface area contributed by atoms with Crippen LogP contribution in [0.2, 0.25) is 0 Å². The number of halogens is 1. The molecule has 0 fully saturated rings. The molecule has 2 aromatic carbocycles. The summed E-state index contributed by atoms with van der Waals surface area (Å²) < 4.78 is 13.1. The second kappa shape index (κ2) is 8.09. The molecule has 0 saturated carbocycles. The van der Waals surface area contributed by atoms with Gasteiger partial charge in [-0.25, -0.2) is 9.37 Å². The second-order valence-electron chi connectivity index (χ2n) is 6.02. The van der Waals surface area contributed by atoms with E-state index in [4.69, 9.17) is 0 Å². The van der Waals surface area contributed by atoms with Gasteiger partial charge in [0.2, 0.25) is 0 Å². The molecule has 2 N–H and O–H groups in total. The minimum atomic E-state index is -0.309. The van der Waals surface area contributed by atoms with Crippen molar-refractivity contribution in [3.8, 4) is 11.3 Å². The Balaban J connectivity index is 1.77. The van der Waals surface area contributed by atoms with E-state index in [1.807, 2.05) is 13.0 Å². The van der Waals surface area contributed by atoms with E-state index in [0.29, 0.717) is 16.4 Å². The molecule has 3 aromatic rings. The van der Waals surface area contributed by atoms with Crippen LogP contribution in [0.1, 0.15) is 22.2 Å². The monoisotopic (exact) mass is 383 g/mol. The fourth-order valence-electron chi connectivity index (χ4n) is 2.49. The maximum absolute atomic E-state index is 13.1. The van der Waals surface area contributed by atoms with Crippen LogP contribution in [0.5, 0.6) is 0 Å². The number of amides is 1. The van der Waals surface area contributed by atoms with Gasteiger partial charge < -0.3 is 10.6 Å². The Morgan fingerprint density at radius 1 is 1.15 bits per heavy atom. The van der Waals surface area contributed by atoms with Crippen LogP contribution in [0, 0.1) is 12.7 Å². The van der Waals surface area contributed by atoms with Crippen LogP contribution in [0.25, 0.3) is 11.3 Å². The summed E-state index contributed by atoms with van der Waals surface area (Å²) in [7, 11) is 0. The number of carbonyl (C=O) groups excluding carboxylic acids is 2. The SMILES string of the molecule is CC(=O)CNC(=O)c1cccc(Nc2nc(-c3ccc(F)cc3)c(C)s2)c1. The quantitative estimate of drug-likeness (QED) is 0.665. The molecule has 27 heavy (non-hydrogen) atoms. The standard InChI is InChI=1S/C20H18FN3O2S/c1-12(25)11-22-19(26)15-4-3-5-17(10-15)23-20-24-18(13(2)27-20)14-6-8-16(21)9-7-14/h3-10H,11H2,1-2H3,(H,22,26)(H,23,24). The number of Topliss-reactive ketones (excluding diaryl/α,β-unsaturated/α-hetero) is 1. The molecule has 0 aliphatic carbocycles. The normalized spacial score (nSPS) is 10.5. The molecule has 0 bridgehead atoms.